The van der Waals surface area contributed by atoms with Crippen molar-refractivity contribution in [3.05, 3.63) is 23.8 Å². The molecular formula is C36H64N2O5. The molecule has 1 aromatic rings. The van der Waals surface area contributed by atoms with Crippen molar-refractivity contribution >= 4 is 5.91 Å². The van der Waals surface area contributed by atoms with Crippen LogP contribution in [0.5, 0.6) is 11.5 Å². The fraction of sp³-hybridized carbons (Fsp3) is 0.806. The summed E-state index contributed by atoms with van der Waals surface area (Å²) in [5.74, 6) is 2.74. The zero-order valence-electron chi connectivity index (χ0n) is 28.6. The second-order valence-corrected chi connectivity index (χ2v) is 14.5. The number of nitrogens with two attached hydrogens (primary N) is 1. The van der Waals surface area contributed by atoms with E-state index in [4.69, 9.17) is 19.9 Å². The summed E-state index contributed by atoms with van der Waals surface area (Å²) >= 11 is 0. The predicted molar refractivity (Wildman–Crippen MR) is 177 cm³/mol. The molecule has 4 atom stereocenters. The van der Waals surface area contributed by atoms with Gasteiger partial charge >= 0.3 is 0 Å². The van der Waals surface area contributed by atoms with Crippen molar-refractivity contribution in [2.45, 2.75) is 118 Å². The zero-order chi connectivity index (χ0) is 32.0. The molecule has 7 nitrogen and oxygen atoms in total. The molecular weight excluding hydrogens is 540 g/mol. The standard InChI is InChI=1S/C36H64N2O5/c1-25(2)29(19-28-15-16-33(42-8)34(20-28)43-18-12-17-41-7)21-31(37)32(39)22-30(26(3)4)35(40)38-24-36(5,6)23-27-13-10-9-11-14-27/h15-16,20,25-27,29-32,39H,9-14,17-19,21-24,37H2,1-8H3,(H,38,40)/t29-,30-,31-,32-/m0/s1. The summed E-state index contributed by atoms with van der Waals surface area (Å²) in [5.41, 5.74) is 7.85. The molecule has 43 heavy (non-hydrogen) atoms. The first-order chi connectivity index (χ1) is 20.4. The Labute approximate surface area is 263 Å². The lowest BCUT2D eigenvalue weighted by molar-refractivity contribution is -0.128. The Kier molecular flexibility index (Phi) is 16.4. The molecule has 2 rings (SSSR count). The van der Waals surface area contributed by atoms with E-state index in [1.165, 1.54) is 32.1 Å². The Hall–Kier alpha value is -1.83. The van der Waals surface area contributed by atoms with Crippen molar-refractivity contribution in [2.24, 2.45) is 40.7 Å². The Morgan fingerprint density at radius 3 is 2.33 bits per heavy atom. The van der Waals surface area contributed by atoms with E-state index in [0.29, 0.717) is 44.3 Å². The third kappa shape index (κ3) is 13.4. The van der Waals surface area contributed by atoms with Crippen LogP contribution in [0.1, 0.15) is 105 Å². The first-order valence-corrected chi connectivity index (χ1v) is 16.9. The maximum Gasteiger partial charge on any atom is 0.223 e. The molecule has 4 N–H and O–H groups in total. The number of rotatable bonds is 20. The molecule has 1 saturated carbocycles. The first-order valence-electron chi connectivity index (χ1n) is 16.9. The smallest absolute Gasteiger partial charge is 0.223 e. The van der Waals surface area contributed by atoms with Crippen LogP contribution in [-0.2, 0) is 16.0 Å². The molecule has 1 aliphatic rings. The van der Waals surface area contributed by atoms with E-state index in [1.807, 2.05) is 6.07 Å². The number of nitrogens with one attached hydrogen (secondary N) is 1. The monoisotopic (exact) mass is 604 g/mol. The molecule has 0 spiro atoms. The second-order valence-electron chi connectivity index (χ2n) is 14.5. The van der Waals surface area contributed by atoms with Crippen LogP contribution in [0.15, 0.2) is 18.2 Å². The summed E-state index contributed by atoms with van der Waals surface area (Å²) in [6.45, 7) is 14.9. The molecule has 0 aliphatic heterocycles. The Balaban J connectivity index is 1.97. The number of hydrogen-bond donors (Lipinski definition) is 3. The van der Waals surface area contributed by atoms with Gasteiger partial charge in [0.2, 0.25) is 5.91 Å². The number of ether oxygens (including phenoxy) is 3. The maximum atomic E-state index is 13.4. The molecule has 7 heteroatoms. The number of methoxy groups -OCH3 is 2. The fourth-order valence-corrected chi connectivity index (χ4v) is 6.57. The van der Waals surface area contributed by atoms with Gasteiger partial charge in [-0.25, -0.2) is 0 Å². The summed E-state index contributed by atoms with van der Waals surface area (Å²) < 4.78 is 16.6. The minimum atomic E-state index is -0.745. The maximum absolute atomic E-state index is 13.4. The molecule has 0 bridgehead atoms. The quantitative estimate of drug-likeness (QED) is 0.142. The Bertz CT molecular complexity index is 928. The van der Waals surface area contributed by atoms with Crippen molar-refractivity contribution in [3.63, 3.8) is 0 Å². The fourth-order valence-electron chi connectivity index (χ4n) is 6.57. The van der Waals surface area contributed by atoms with Crippen molar-refractivity contribution in [2.75, 3.05) is 34.0 Å². The van der Waals surface area contributed by atoms with Crippen molar-refractivity contribution in [1.29, 1.82) is 0 Å². The van der Waals surface area contributed by atoms with Crippen molar-refractivity contribution in [1.82, 2.24) is 5.32 Å². The van der Waals surface area contributed by atoms with Gasteiger partial charge in [0.15, 0.2) is 11.5 Å². The number of aliphatic hydroxyl groups excluding tert-OH is 1. The number of amides is 1. The largest absolute Gasteiger partial charge is 0.493 e. The van der Waals surface area contributed by atoms with Crippen LogP contribution < -0.4 is 20.5 Å². The van der Waals surface area contributed by atoms with Crippen LogP contribution >= 0.6 is 0 Å². The third-order valence-corrected chi connectivity index (χ3v) is 9.43. The molecule has 1 fully saturated rings. The van der Waals surface area contributed by atoms with Gasteiger partial charge in [0, 0.05) is 38.6 Å². The van der Waals surface area contributed by atoms with E-state index in [0.717, 1.165) is 36.5 Å². The number of carbonyl (C=O) groups is 1. The summed E-state index contributed by atoms with van der Waals surface area (Å²) in [5, 5.41) is 14.5. The third-order valence-electron chi connectivity index (χ3n) is 9.43. The molecule has 0 heterocycles. The van der Waals surface area contributed by atoms with E-state index in [9.17, 15) is 9.90 Å². The SMILES string of the molecule is COCCCOc1cc(C[C@@H](C[C@H](N)[C@@H](O)C[C@H](C(=O)NCC(C)(C)CC2CCCCC2)C(C)C)C(C)C)ccc1OC. The molecule has 1 aromatic carbocycles. The van der Waals surface area contributed by atoms with Crippen LogP contribution in [0.25, 0.3) is 0 Å². The lowest BCUT2D eigenvalue weighted by atomic mass is 9.76. The normalized spacial score (nSPS) is 17.5. The van der Waals surface area contributed by atoms with Gasteiger partial charge in [-0.05, 0) is 72.5 Å². The molecule has 0 saturated heterocycles. The van der Waals surface area contributed by atoms with Crippen LogP contribution in [0, 0.1) is 35.0 Å². The number of hydrogen-bond acceptors (Lipinski definition) is 6. The van der Waals surface area contributed by atoms with Crippen molar-refractivity contribution < 1.29 is 24.1 Å². The van der Waals surface area contributed by atoms with E-state index in [2.05, 4.69) is 59.0 Å². The van der Waals surface area contributed by atoms with E-state index >= 15 is 0 Å². The van der Waals surface area contributed by atoms with Crippen LogP contribution in [0.4, 0.5) is 0 Å². The predicted octanol–water partition coefficient (Wildman–Crippen LogP) is 6.78. The second kappa shape index (κ2) is 18.9. The zero-order valence-corrected chi connectivity index (χ0v) is 28.6. The van der Waals surface area contributed by atoms with Gasteiger partial charge in [0.1, 0.15) is 0 Å². The van der Waals surface area contributed by atoms with Crippen molar-refractivity contribution in [3.8, 4) is 11.5 Å². The molecule has 0 radical (unpaired) electrons. The van der Waals surface area contributed by atoms with Crippen LogP contribution in [0.3, 0.4) is 0 Å². The Morgan fingerprint density at radius 2 is 1.72 bits per heavy atom. The molecule has 1 aliphatic carbocycles. The molecule has 0 unspecified atom stereocenters. The van der Waals surface area contributed by atoms with E-state index in [-0.39, 0.29) is 29.1 Å². The van der Waals surface area contributed by atoms with Gasteiger partial charge in [0.05, 0.1) is 19.8 Å². The highest BCUT2D eigenvalue weighted by molar-refractivity contribution is 5.79. The van der Waals surface area contributed by atoms with Crippen LogP contribution in [0.2, 0.25) is 0 Å². The van der Waals surface area contributed by atoms with Gasteiger partial charge in [-0.2, -0.15) is 0 Å². The minimum absolute atomic E-state index is 0.0367. The highest BCUT2D eigenvalue weighted by Gasteiger charge is 2.31. The first kappa shape index (κ1) is 37.4. The summed E-state index contributed by atoms with van der Waals surface area (Å²) in [7, 11) is 3.34. The van der Waals surface area contributed by atoms with Gasteiger partial charge < -0.3 is 30.4 Å². The lowest BCUT2D eigenvalue weighted by Crippen LogP contribution is -2.44. The van der Waals surface area contributed by atoms with Gasteiger partial charge in [0.25, 0.3) is 0 Å². The average molecular weight is 605 g/mol. The summed E-state index contributed by atoms with van der Waals surface area (Å²) in [4.78, 5) is 13.4. The lowest BCUT2D eigenvalue weighted by Gasteiger charge is -2.33. The number of aliphatic hydroxyl groups is 1. The van der Waals surface area contributed by atoms with Gasteiger partial charge in [-0.15, -0.1) is 0 Å². The Morgan fingerprint density at radius 1 is 1.02 bits per heavy atom. The number of carbonyl (C=O) groups excluding carboxylic acids is 1. The molecule has 248 valence electrons. The van der Waals surface area contributed by atoms with E-state index < -0.39 is 12.1 Å². The van der Waals surface area contributed by atoms with Gasteiger partial charge in [-0.1, -0.05) is 79.7 Å². The molecule has 1 amide bonds. The van der Waals surface area contributed by atoms with Crippen LogP contribution in [-0.4, -0.2) is 57.1 Å². The highest BCUT2D eigenvalue weighted by atomic mass is 16.5. The average Bonchev–Trinajstić information content (AvgIpc) is 2.96. The molecule has 0 aromatic heterocycles. The highest BCUT2D eigenvalue weighted by Crippen LogP contribution is 2.35. The summed E-state index contributed by atoms with van der Waals surface area (Å²) in [6.07, 6.45) is 9.75. The topological polar surface area (TPSA) is 103 Å². The van der Waals surface area contributed by atoms with Gasteiger partial charge in [-0.3, -0.25) is 4.79 Å². The van der Waals surface area contributed by atoms with E-state index in [1.54, 1.807) is 14.2 Å². The number of benzene rings is 1. The minimum Gasteiger partial charge on any atom is -0.493 e. The summed E-state index contributed by atoms with van der Waals surface area (Å²) in [6, 6.07) is 5.67.